The number of amides is 1. The molecular formula is C13H17BrN2O2. The number of carbonyl (C=O) groups excluding carboxylic acids is 1. The summed E-state index contributed by atoms with van der Waals surface area (Å²) in [6.07, 6.45) is -0.0852. The van der Waals surface area contributed by atoms with Crippen LogP contribution in [0.3, 0.4) is 0 Å². The van der Waals surface area contributed by atoms with Gasteiger partial charge in [0.2, 0.25) is 5.91 Å². The third-order valence-electron chi connectivity index (χ3n) is 3.01. The van der Waals surface area contributed by atoms with Crippen LogP contribution in [-0.4, -0.2) is 31.2 Å². The Bertz CT molecular complexity index is 425. The lowest BCUT2D eigenvalue weighted by atomic mass is 10.1. The summed E-state index contributed by atoms with van der Waals surface area (Å²) < 4.78 is 6.46. The molecule has 1 saturated heterocycles. The molecule has 18 heavy (non-hydrogen) atoms. The molecule has 1 aromatic carbocycles. The maximum Gasteiger partial charge on any atom is 0.240 e. The highest BCUT2D eigenvalue weighted by molar-refractivity contribution is 9.10. The second kappa shape index (κ2) is 6.31. The monoisotopic (exact) mass is 312 g/mol. The van der Waals surface area contributed by atoms with Gasteiger partial charge >= 0.3 is 0 Å². The zero-order chi connectivity index (χ0) is 13.0. The third-order valence-corrected chi connectivity index (χ3v) is 3.78. The van der Waals surface area contributed by atoms with E-state index in [0.29, 0.717) is 13.2 Å². The second-order valence-corrected chi connectivity index (χ2v) is 5.17. The number of hydrogen-bond acceptors (Lipinski definition) is 3. The first kappa shape index (κ1) is 13.5. The van der Waals surface area contributed by atoms with Crippen LogP contribution in [0.15, 0.2) is 28.7 Å². The fourth-order valence-corrected chi connectivity index (χ4v) is 2.39. The van der Waals surface area contributed by atoms with E-state index in [1.165, 1.54) is 0 Å². The largest absolute Gasteiger partial charge is 0.375 e. The van der Waals surface area contributed by atoms with Gasteiger partial charge in [-0.15, -0.1) is 0 Å². The van der Waals surface area contributed by atoms with E-state index < -0.39 is 0 Å². The van der Waals surface area contributed by atoms with Crippen LogP contribution in [-0.2, 0) is 16.1 Å². The minimum atomic E-state index is -0.263. The molecule has 1 heterocycles. The van der Waals surface area contributed by atoms with E-state index in [4.69, 9.17) is 4.74 Å². The Hall–Kier alpha value is -0.910. The summed E-state index contributed by atoms with van der Waals surface area (Å²) >= 11 is 3.46. The highest BCUT2D eigenvalue weighted by Crippen LogP contribution is 2.15. The van der Waals surface area contributed by atoms with Crippen LogP contribution in [0.5, 0.6) is 0 Å². The van der Waals surface area contributed by atoms with Crippen molar-refractivity contribution < 1.29 is 9.53 Å². The van der Waals surface area contributed by atoms with Gasteiger partial charge in [-0.05, 0) is 18.6 Å². The van der Waals surface area contributed by atoms with Gasteiger partial charge in [0.25, 0.3) is 0 Å². The molecule has 2 atom stereocenters. The van der Waals surface area contributed by atoms with Crippen LogP contribution in [0.1, 0.15) is 12.5 Å². The van der Waals surface area contributed by atoms with Crippen LogP contribution < -0.4 is 10.6 Å². The molecule has 0 unspecified atom stereocenters. The lowest BCUT2D eigenvalue weighted by Crippen LogP contribution is -2.55. The van der Waals surface area contributed by atoms with Gasteiger partial charge in [0.1, 0.15) is 6.04 Å². The van der Waals surface area contributed by atoms with Gasteiger partial charge in [-0.3, -0.25) is 4.79 Å². The molecule has 0 aliphatic carbocycles. The van der Waals surface area contributed by atoms with E-state index >= 15 is 0 Å². The molecule has 0 radical (unpaired) electrons. The predicted octanol–water partition coefficient (Wildman–Crippen LogP) is 1.44. The molecule has 2 N–H and O–H groups in total. The van der Waals surface area contributed by atoms with Crippen molar-refractivity contribution in [3.8, 4) is 0 Å². The molecule has 5 heteroatoms. The van der Waals surface area contributed by atoms with Crippen LogP contribution in [0.2, 0.25) is 0 Å². The molecule has 1 aliphatic heterocycles. The van der Waals surface area contributed by atoms with Gasteiger partial charge in [0.15, 0.2) is 0 Å². The minimum absolute atomic E-state index is 0.0158. The first-order valence-corrected chi connectivity index (χ1v) is 6.84. The van der Waals surface area contributed by atoms with Crippen molar-refractivity contribution >= 4 is 21.8 Å². The van der Waals surface area contributed by atoms with Gasteiger partial charge < -0.3 is 15.4 Å². The molecule has 0 saturated carbocycles. The number of nitrogens with one attached hydrogen (secondary N) is 2. The standard InChI is InChI=1S/C13H17BrN2O2/c1-9-12(15-6-7-18-9)13(17)16-8-10-4-2-3-5-11(10)14/h2-5,9,12,15H,6-8H2,1H3,(H,16,17)/t9-,12+/m1/s1. The topological polar surface area (TPSA) is 50.4 Å². The van der Waals surface area contributed by atoms with Gasteiger partial charge in [-0.1, -0.05) is 34.1 Å². The molecule has 0 spiro atoms. The van der Waals surface area contributed by atoms with Gasteiger partial charge in [-0.2, -0.15) is 0 Å². The smallest absolute Gasteiger partial charge is 0.240 e. The Labute approximate surface area is 115 Å². The average Bonchev–Trinajstić information content (AvgIpc) is 2.38. The van der Waals surface area contributed by atoms with Crippen LogP contribution >= 0.6 is 15.9 Å². The number of rotatable bonds is 3. The normalized spacial score (nSPS) is 23.7. The van der Waals surface area contributed by atoms with E-state index in [2.05, 4.69) is 26.6 Å². The number of benzene rings is 1. The second-order valence-electron chi connectivity index (χ2n) is 4.32. The molecule has 0 bridgehead atoms. The van der Waals surface area contributed by atoms with E-state index in [0.717, 1.165) is 16.6 Å². The lowest BCUT2D eigenvalue weighted by molar-refractivity contribution is -0.129. The summed E-state index contributed by atoms with van der Waals surface area (Å²) in [7, 11) is 0. The Kier molecular flexibility index (Phi) is 4.74. The lowest BCUT2D eigenvalue weighted by Gasteiger charge is -2.29. The van der Waals surface area contributed by atoms with Crippen molar-refractivity contribution in [1.29, 1.82) is 0 Å². The van der Waals surface area contributed by atoms with Crippen molar-refractivity contribution in [3.05, 3.63) is 34.3 Å². The summed E-state index contributed by atoms with van der Waals surface area (Å²) in [4.78, 5) is 12.0. The minimum Gasteiger partial charge on any atom is -0.375 e. The molecule has 0 aromatic heterocycles. The molecule has 1 amide bonds. The first-order valence-electron chi connectivity index (χ1n) is 6.04. The molecule has 2 rings (SSSR count). The van der Waals surface area contributed by atoms with Crippen LogP contribution in [0, 0.1) is 0 Å². The molecule has 98 valence electrons. The summed E-state index contributed by atoms with van der Waals surface area (Å²) in [5, 5.41) is 6.10. The van der Waals surface area contributed by atoms with E-state index in [1.54, 1.807) is 0 Å². The third kappa shape index (κ3) is 3.31. The van der Waals surface area contributed by atoms with E-state index in [1.807, 2.05) is 31.2 Å². The number of carbonyl (C=O) groups is 1. The highest BCUT2D eigenvalue weighted by atomic mass is 79.9. The number of morpholine rings is 1. The Morgan fingerprint density at radius 2 is 2.33 bits per heavy atom. The first-order chi connectivity index (χ1) is 8.68. The SMILES string of the molecule is C[C@H]1OCCN[C@@H]1C(=O)NCc1ccccc1Br. The summed E-state index contributed by atoms with van der Waals surface area (Å²) in [5.41, 5.74) is 1.07. The van der Waals surface area contributed by atoms with E-state index in [9.17, 15) is 4.79 Å². The van der Waals surface area contributed by atoms with Crippen molar-refractivity contribution in [1.82, 2.24) is 10.6 Å². The number of ether oxygens (including phenoxy) is 1. The van der Waals surface area contributed by atoms with Crippen LogP contribution in [0.4, 0.5) is 0 Å². The summed E-state index contributed by atoms with van der Waals surface area (Å²) in [6, 6.07) is 7.59. The van der Waals surface area contributed by atoms with Gasteiger partial charge in [0, 0.05) is 17.6 Å². The molecule has 1 fully saturated rings. The van der Waals surface area contributed by atoms with Gasteiger partial charge in [-0.25, -0.2) is 0 Å². The zero-order valence-electron chi connectivity index (χ0n) is 10.3. The highest BCUT2D eigenvalue weighted by Gasteiger charge is 2.27. The average molecular weight is 313 g/mol. The molecule has 4 nitrogen and oxygen atoms in total. The predicted molar refractivity (Wildman–Crippen MR) is 73.2 cm³/mol. The van der Waals surface area contributed by atoms with Crippen LogP contribution in [0.25, 0.3) is 0 Å². The maximum atomic E-state index is 12.0. The fraction of sp³-hybridized carbons (Fsp3) is 0.462. The van der Waals surface area contributed by atoms with Gasteiger partial charge in [0.05, 0.1) is 12.7 Å². The number of halogens is 1. The molecule has 1 aromatic rings. The Morgan fingerprint density at radius 3 is 3.06 bits per heavy atom. The van der Waals surface area contributed by atoms with Crippen molar-refractivity contribution in [3.63, 3.8) is 0 Å². The molecule has 1 aliphatic rings. The van der Waals surface area contributed by atoms with Crippen molar-refractivity contribution in [2.45, 2.75) is 25.6 Å². The maximum absolute atomic E-state index is 12.0. The zero-order valence-corrected chi connectivity index (χ0v) is 11.9. The summed E-state index contributed by atoms with van der Waals surface area (Å²) in [5.74, 6) is -0.0158. The number of hydrogen-bond donors (Lipinski definition) is 2. The summed E-state index contributed by atoms with van der Waals surface area (Å²) in [6.45, 7) is 3.81. The molecular weight excluding hydrogens is 296 g/mol. The Morgan fingerprint density at radius 1 is 1.56 bits per heavy atom. The van der Waals surface area contributed by atoms with Crippen molar-refractivity contribution in [2.75, 3.05) is 13.2 Å². The Balaban J connectivity index is 1.90. The van der Waals surface area contributed by atoms with E-state index in [-0.39, 0.29) is 18.1 Å². The fourth-order valence-electron chi connectivity index (χ4n) is 1.96. The quantitative estimate of drug-likeness (QED) is 0.888. The van der Waals surface area contributed by atoms with Crippen molar-refractivity contribution in [2.24, 2.45) is 0 Å².